The molecular weight excluding hydrogens is 254 g/mol. The highest BCUT2D eigenvalue weighted by atomic mass is 16.5. The molecule has 0 bridgehead atoms. The average molecular weight is 277 g/mol. The number of ether oxygens (including phenoxy) is 1. The molecule has 3 N–H and O–H groups in total. The minimum Gasteiger partial charge on any atom is -0.504 e. The third kappa shape index (κ3) is 2.66. The Labute approximate surface area is 119 Å². The van der Waals surface area contributed by atoms with Crippen LogP contribution in [-0.2, 0) is 11.2 Å². The normalized spacial score (nSPS) is 20.1. The molecule has 0 aromatic heterocycles. The molecule has 1 aromatic rings. The van der Waals surface area contributed by atoms with E-state index in [2.05, 4.69) is 6.92 Å². The molecule has 3 atom stereocenters. The maximum atomic E-state index is 10.7. The predicted molar refractivity (Wildman–Crippen MR) is 78.2 cm³/mol. The second-order valence-corrected chi connectivity index (χ2v) is 5.52. The molecule has 1 heterocycles. The van der Waals surface area contributed by atoms with Crippen molar-refractivity contribution in [2.45, 2.75) is 45.1 Å². The van der Waals surface area contributed by atoms with Crippen LogP contribution in [0.2, 0.25) is 0 Å². The SMILES string of the molecule is CCc1ccc(O)c2c1C(C(CCC=O)C(C)N)CO2. The van der Waals surface area contributed by atoms with Crippen LogP contribution in [0.5, 0.6) is 11.5 Å². The standard InChI is InChI=1S/C16H23NO3/c1-3-11-6-7-14(19)16-15(11)13(9-20-16)12(10(2)17)5-4-8-18/h6-8,10,12-13,19H,3-5,9,17H2,1-2H3. The molecule has 0 amide bonds. The average Bonchev–Trinajstić information content (AvgIpc) is 2.85. The molecule has 2 rings (SSSR count). The second-order valence-electron chi connectivity index (χ2n) is 5.52. The van der Waals surface area contributed by atoms with Crippen LogP contribution in [0.15, 0.2) is 12.1 Å². The predicted octanol–water partition coefficient (Wildman–Crippen LogP) is 2.37. The summed E-state index contributed by atoms with van der Waals surface area (Å²) in [7, 11) is 0. The quantitative estimate of drug-likeness (QED) is 0.783. The highest BCUT2D eigenvalue weighted by Crippen LogP contribution is 2.47. The number of phenolic OH excluding ortho intramolecular Hbond substituents is 1. The van der Waals surface area contributed by atoms with Crippen molar-refractivity contribution < 1.29 is 14.6 Å². The summed E-state index contributed by atoms with van der Waals surface area (Å²) in [5.41, 5.74) is 8.39. The Morgan fingerprint density at radius 2 is 2.30 bits per heavy atom. The Bertz CT molecular complexity index is 485. The summed E-state index contributed by atoms with van der Waals surface area (Å²) >= 11 is 0. The van der Waals surface area contributed by atoms with Gasteiger partial charge in [0.1, 0.15) is 6.29 Å². The zero-order valence-electron chi connectivity index (χ0n) is 12.1. The molecule has 3 unspecified atom stereocenters. The molecule has 1 aliphatic rings. The lowest BCUT2D eigenvalue weighted by Crippen LogP contribution is -2.32. The number of phenols is 1. The number of fused-ring (bicyclic) bond motifs is 1. The van der Waals surface area contributed by atoms with E-state index in [-0.39, 0.29) is 23.6 Å². The Kier molecular flexibility index (Phi) is 4.65. The number of hydrogen-bond acceptors (Lipinski definition) is 4. The summed E-state index contributed by atoms with van der Waals surface area (Å²) in [5.74, 6) is 1.14. The molecule has 0 fully saturated rings. The van der Waals surface area contributed by atoms with Crippen LogP contribution in [0.25, 0.3) is 0 Å². The van der Waals surface area contributed by atoms with Crippen molar-refractivity contribution in [3.05, 3.63) is 23.3 Å². The zero-order chi connectivity index (χ0) is 14.7. The van der Waals surface area contributed by atoms with Gasteiger partial charge in [0.15, 0.2) is 11.5 Å². The largest absolute Gasteiger partial charge is 0.504 e. The fourth-order valence-electron chi connectivity index (χ4n) is 3.18. The number of nitrogens with two attached hydrogens (primary N) is 1. The third-order valence-electron chi connectivity index (χ3n) is 4.23. The number of carbonyl (C=O) groups is 1. The van der Waals surface area contributed by atoms with E-state index in [9.17, 15) is 9.90 Å². The van der Waals surface area contributed by atoms with Crippen molar-refractivity contribution in [1.82, 2.24) is 0 Å². The summed E-state index contributed by atoms with van der Waals surface area (Å²) in [4.78, 5) is 10.7. The van der Waals surface area contributed by atoms with Crippen molar-refractivity contribution in [1.29, 1.82) is 0 Å². The monoisotopic (exact) mass is 277 g/mol. The molecule has 0 radical (unpaired) electrons. The van der Waals surface area contributed by atoms with Gasteiger partial charge in [0.05, 0.1) is 6.61 Å². The number of rotatable bonds is 6. The van der Waals surface area contributed by atoms with Gasteiger partial charge in [-0.25, -0.2) is 0 Å². The van der Waals surface area contributed by atoms with Gasteiger partial charge in [-0.05, 0) is 37.3 Å². The van der Waals surface area contributed by atoms with E-state index in [4.69, 9.17) is 10.5 Å². The van der Waals surface area contributed by atoms with E-state index in [0.29, 0.717) is 18.8 Å². The smallest absolute Gasteiger partial charge is 0.164 e. The lowest BCUT2D eigenvalue weighted by Gasteiger charge is -2.26. The minimum atomic E-state index is -0.0124. The Hall–Kier alpha value is -1.55. The van der Waals surface area contributed by atoms with Crippen molar-refractivity contribution in [2.75, 3.05) is 6.61 Å². The fraction of sp³-hybridized carbons (Fsp3) is 0.562. The molecule has 1 aliphatic heterocycles. The third-order valence-corrected chi connectivity index (χ3v) is 4.23. The Balaban J connectivity index is 2.37. The molecule has 4 nitrogen and oxygen atoms in total. The first-order valence-corrected chi connectivity index (χ1v) is 7.26. The first-order valence-electron chi connectivity index (χ1n) is 7.26. The van der Waals surface area contributed by atoms with Crippen molar-refractivity contribution in [3.63, 3.8) is 0 Å². The summed E-state index contributed by atoms with van der Waals surface area (Å²) in [6, 6.07) is 3.63. The van der Waals surface area contributed by atoms with Gasteiger partial charge in [-0.3, -0.25) is 0 Å². The summed E-state index contributed by atoms with van der Waals surface area (Å²) < 4.78 is 5.70. The molecule has 4 heteroatoms. The lowest BCUT2D eigenvalue weighted by molar-refractivity contribution is -0.108. The van der Waals surface area contributed by atoms with Crippen LogP contribution in [-0.4, -0.2) is 24.0 Å². The van der Waals surface area contributed by atoms with Crippen molar-refractivity contribution >= 4 is 6.29 Å². The minimum absolute atomic E-state index is 0.0124. The number of carbonyl (C=O) groups excluding carboxylic acids is 1. The molecule has 110 valence electrons. The summed E-state index contributed by atoms with van der Waals surface area (Å²) in [6.07, 6.45) is 3.10. The van der Waals surface area contributed by atoms with Crippen LogP contribution in [0, 0.1) is 5.92 Å². The van der Waals surface area contributed by atoms with Gasteiger partial charge < -0.3 is 20.4 Å². The van der Waals surface area contributed by atoms with Crippen molar-refractivity contribution in [2.24, 2.45) is 11.7 Å². The van der Waals surface area contributed by atoms with Crippen molar-refractivity contribution in [3.8, 4) is 11.5 Å². The topological polar surface area (TPSA) is 72.5 Å². The van der Waals surface area contributed by atoms with Gasteiger partial charge in [-0.1, -0.05) is 13.0 Å². The van der Waals surface area contributed by atoms with Gasteiger partial charge in [-0.2, -0.15) is 0 Å². The number of hydrogen-bond donors (Lipinski definition) is 2. The number of aryl methyl sites for hydroxylation is 1. The highest BCUT2D eigenvalue weighted by molar-refractivity contribution is 5.55. The van der Waals surface area contributed by atoms with E-state index >= 15 is 0 Å². The number of benzene rings is 1. The van der Waals surface area contributed by atoms with Gasteiger partial charge in [-0.15, -0.1) is 0 Å². The van der Waals surface area contributed by atoms with Crippen LogP contribution < -0.4 is 10.5 Å². The second kappa shape index (κ2) is 6.27. The summed E-state index contributed by atoms with van der Waals surface area (Å²) in [5, 5.41) is 9.95. The molecule has 0 aliphatic carbocycles. The first kappa shape index (κ1) is 14.9. The van der Waals surface area contributed by atoms with E-state index in [1.807, 2.05) is 13.0 Å². The molecule has 0 spiro atoms. The van der Waals surface area contributed by atoms with Gasteiger partial charge >= 0.3 is 0 Å². The lowest BCUT2D eigenvalue weighted by atomic mass is 9.78. The van der Waals surface area contributed by atoms with Crippen LogP contribution >= 0.6 is 0 Å². The van der Waals surface area contributed by atoms with E-state index < -0.39 is 0 Å². The molecule has 0 saturated carbocycles. The van der Waals surface area contributed by atoms with E-state index in [0.717, 1.165) is 24.7 Å². The van der Waals surface area contributed by atoms with E-state index in [1.54, 1.807) is 6.07 Å². The van der Waals surface area contributed by atoms with Crippen LogP contribution in [0.1, 0.15) is 43.7 Å². The van der Waals surface area contributed by atoms with Gasteiger partial charge in [0, 0.05) is 23.9 Å². The summed E-state index contributed by atoms with van der Waals surface area (Å²) in [6.45, 7) is 4.60. The van der Waals surface area contributed by atoms with Crippen LogP contribution in [0.4, 0.5) is 0 Å². The fourth-order valence-corrected chi connectivity index (χ4v) is 3.18. The first-order chi connectivity index (χ1) is 9.60. The maximum absolute atomic E-state index is 10.7. The number of aldehydes is 1. The van der Waals surface area contributed by atoms with Gasteiger partial charge in [0.2, 0.25) is 0 Å². The molecule has 20 heavy (non-hydrogen) atoms. The van der Waals surface area contributed by atoms with Gasteiger partial charge in [0.25, 0.3) is 0 Å². The molecular formula is C16H23NO3. The molecule has 0 saturated heterocycles. The molecule has 1 aromatic carbocycles. The number of aromatic hydroxyl groups is 1. The Morgan fingerprint density at radius 1 is 1.55 bits per heavy atom. The maximum Gasteiger partial charge on any atom is 0.164 e. The highest BCUT2D eigenvalue weighted by Gasteiger charge is 2.36. The van der Waals surface area contributed by atoms with E-state index in [1.165, 1.54) is 5.56 Å². The Morgan fingerprint density at radius 3 is 2.90 bits per heavy atom. The zero-order valence-corrected chi connectivity index (χ0v) is 12.1. The van der Waals surface area contributed by atoms with Crippen LogP contribution in [0.3, 0.4) is 0 Å².